The average Bonchev–Trinajstić information content (AvgIpc) is 2.09. The van der Waals surface area contributed by atoms with Gasteiger partial charge in [0.05, 0.1) is 12.6 Å². The Bertz CT molecular complexity index is 280. The van der Waals surface area contributed by atoms with Crippen molar-refractivity contribution in [3.8, 4) is 0 Å². The molecule has 1 atom stereocenters. The summed E-state index contributed by atoms with van der Waals surface area (Å²) in [6.07, 6.45) is -0.485. The van der Waals surface area contributed by atoms with Crippen LogP contribution in [0.15, 0.2) is 0 Å². The van der Waals surface area contributed by atoms with Gasteiger partial charge in [0, 0.05) is 6.04 Å². The maximum atomic E-state index is 11.9. The number of hydrogen-bond acceptors (Lipinski definition) is 4. The van der Waals surface area contributed by atoms with E-state index in [2.05, 4.69) is 0 Å². The Hall–Kier alpha value is -1.10. The van der Waals surface area contributed by atoms with Crippen LogP contribution < -0.4 is 5.73 Å². The Morgan fingerprint density at radius 1 is 1.24 bits per heavy atom. The highest BCUT2D eigenvalue weighted by atomic mass is 16.6. The van der Waals surface area contributed by atoms with Crippen LogP contribution in [0.3, 0.4) is 0 Å². The molecule has 0 aromatic carbocycles. The third-order valence-corrected chi connectivity index (χ3v) is 2.09. The van der Waals surface area contributed by atoms with Gasteiger partial charge in [-0.15, -0.1) is 0 Å². The molecule has 0 heterocycles. The molecule has 0 aromatic rings. The fourth-order valence-electron chi connectivity index (χ4n) is 1.09. The first kappa shape index (κ1) is 15.9. The molecule has 17 heavy (non-hydrogen) atoms. The van der Waals surface area contributed by atoms with Gasteiger partial charge in [-0.3, -0.25) is 9.69 Å². The summed E-state index contributed by atoms with van der Waals surface area (Å²) >= 11 is 0. The highest BCUT2D eigenvalue weighted by Crippen LogP contribution is 2.12. The van der Waals surface area contributed by atoms with E-state index in [4.69, 9.17) is 10.5 Å². The number of ketones is 1. The lowest BCUT2D eigenvalue weighted by atomic mass is 10.2. The molecule has 5 nitrogen and oxygen atoms in total. The lowest BCUT2D eigenvalue weighted by Crippen LogP contribution is -2.46. The van der Waals surface area contributed by atoms with Crippen molar-refractivity contribution in [1.82, 2.24) is 4.90 Å². The number of rotatable bonds is 4. The fourth-order valence-corrected chi connectivity index (χ4v) is 1.09. The molecular weight excluding hydrogens is 220 g/mol. The Balaban J connectivity index is 4.64. The van der Waals surface area contributed by atoms with E-state index in [1.54, 1.807) is 27.7 Å². The van der Waals surface area contributed by atoms with Crippen LogP contribution in [-0.2, 0) is 9.53 Å². The van der Waals surface area contributed by atoms with Crippen molar-refractivity contribution in [2.24, 2.45) is 5.73 Å². The monoisotopic (exact) mass is 244 g/mol. The van der Waals surface area contributed by atoms with Crippen LogP contribution in [0.2, 0.25) is 0 Å². The van der Waals surface area contributed by atoms with Gasteiger partial charge < -0.3 is 10.5 Å². The van der Waals surface area contributed by atoms with Crippen molar-refractivity contribution in [2.75, 3.05) is 6.54 Å². The van der Waals surface area contributed by atoms with Gasteiger partial charge in [-0.2, -0.15) is 0 Å². The van der Waals surface area contributed by atoms with Crippen molar-refractivity contribution >= 4 is 11.9 Å². The zero-order chi connectivity index (χ0) is 13.8. The van der Waals surface area contributed by atoms with Gasteiger partial charge in [0.15, 0.2) is 5.78 Å². The molecule has 0 radical (unpaired) electrons. The van der Waals surface area contributed by atoms with Crippen molar-refractivity contribution in [3.63, 3.8) is 0 Å². The molecule has 5 heteroatoms. The first-order valence-electron chi connectivity index (χ1n) is 5.82. The third kappa shape index (κ3) is 6.26. The number of carbonyl (C=O) groups excluding carboxylic acids is 2. The zero-order valence-electron chi connectivity index (χ0n) is 11.6. The molecule has 100 valence electrons. The summed E-state index contributed by atoms with van der Waals surface area (Å²) in [5.41, 5.74) is 4.92. The van der Waals surface area contributed by atoms with Gasteiger partial charge >= 0.3 is 6.09 Å². The summed E-state index contributed by atoms with van der Waals surface area (Å²) in [6, 6.07) is -0.675. The number of nitrogens with two attached hydrogens (primary N) is 1. The van der Waals surface area contributed by atoms with E-state index in [-0.39, 0.29) is 18.4 Å². The van der Waals surface area contributed by atoms with Crippen LogP contribution >= 0.6 is 0 Å². The van der Waals surface area contributed by atoms with Crippen molar-refractivity contribution < 1.29 is 14.3 Å². The summed E-state index contributed by atoms with van der Waals surface area (Å²) in [5, 5.41) is 0. The molecule has 0 bridgehead atoms. The SMILES string of the molecule is CC(N)C(=O)CN(C(=O)OC(C)(C)C)C(C)C. The lowest BCUT2D eigenvalue weighted by molar-refractivity contribution is -0.121. The molecule has 0 aliphatic rings. The smallest absolute Gasteiger partial charge is 0.410 e. The zero-order valence-corrected chi connectivity index (χ0v) is 11.6. The van der Waals surface area contributed by atoms with E-state index in [9.17, 15) is 9.59 Å². The molecule has 0 saturated heterocycles. The van der Waals surface area contributed by atoms with E-state index in [1.165, 1.54) is 4.90 Å². The molecule has 2 N–H and O–H groups in total. The molecule has 0 rings (SSSR count). The predicted molar refractivity (Wildman–Crippen MR) is 66.7 cm³/mol. The second-order valence-corrected chi connectivity index (χ2v) is 5.46. The van der Waals surface area contributed by atoms with E-state index in [1.807, 2.05) is 13.8 Å². The minimum atomic E-state index is -0.571. The van der Waals surface area contributed by atoms with Crippen molar-refractivity contribution in [2.45, 2.75) is 59.2 Å². The van der Waals surface area contributed by atoms with Gasteiger partial charge in [0.25, 0.3) is 0 Å². The van der Waals surface area contributed by atoms with Gasteiger partial charge in [-0.1, -0.05) is 0 Å². The molecule has 0 aliphatic heterocycles. The maximum Gasteiger partial charge on any atom is 0.410 e. The summed E-state index contributed by atoms with van der Waals surface area (Å²) in [7, 11) is 0. The molecule has 1 amide bonds. The molecule has 0 spiro atoms. The van der Waals surface area contributed by atoms with E-state index in [0.717, 1.165) is 0 Å². The summed E-state index contributed by atoms with van der Waals surface area (Å²) in [6.45, 7) is 10.6. The number of Topliss-reactive ketones (excluding diaryl/α,β-unsaturated/α-hetero) is 1. The Morgan fingerprint density at radius 2 is 1.71 bits per heavy atom. The number of hydrogen-bond donors (Lipinski definition) is 1. The second-order valence-electron chi connectivity index (χ2n) is 5.46. The van der Waals surface area contributed by atoms with Gasteiger partial charge in [0.2, 0.25) is 0 Å². The van der Waals surface area contributed by atoms with Crippen LogP contribution in [0.5, 0.6) is 0 Å². The largest absolute Gasteiger partial charge is 0.444 e. The predicted octanol–water partition coefficient (Wildman–Crippen LogP) is 1.55. The molecule has 0 fully saturated rings. The first-order chi connectivity index (χ1) is 7.54. The number of nitrogens with zero attached hydrogens (tertiary/aromatic N) is 1. The van der Waals surface area contributed by atoms with E-state index >= 15 is 0 Å². The highest BCUT2D eigenvalue weighted by molar-refractivity contribution is 5.88. The van der Waals surface area contributed by atoms with Crippen LogP contribution in [0.4, 0.5) is 4.79 Å². The van der Waals surface area contributed by atoms with Crippen LogP contribution in [0.25, 0.3) is 0 Å². The number of carbonyl (C=O) groups is 2. The highest BCUT2D eigenvalue weighted by Gasteiger charge is 2.26. The molecule has 0 saturated carbocycles. The first-order valence-corrected chi connectivity index (χ1v) is 5.82. The number of amides is 1. The Labute approximate surface area is 103 Å². The maximum absolute atomic E-state index is 11.9. The van der Waals surface area contributed by atoms with Crippen LogP contribution in [0, 0.1) is 0 Å². The molecule has 1 unspecified atom stereocenters. The van der Waals surface area contributed by atoms with Gasteiger partial charge in [-0.25, -0.2) is 4.79 Å². The summed E-state index contributed by atoms with van der Waals surface area (Å²) in [5.74, 6) is -0.176. The van der Waals surface area contributed by atoms with Crippen molar-refractivity contribution in [3.05, 3.63) is 0 Å². The molecule has 0 aromatic heterocycles. The number of ether oxygens (including phenoxy) is 1. The molecular formula is C12H24N2O3. The fraction of sp³-hybridized carbons (Fsp3) is 0.833. The molecule has 0 aliphatic carbocycles. The second kappa shape index (κ2) is 6.00. The summed E-state index contributed by atoms with van der Waals surface area (Å²) in [4.78, 5) is 24.8. The van der Waals surface area contributed by atoms with E-state index < -0.39 is 17.7 Å². The normalized spacial score (nSPS) is 13.4. The van der Waals surface area contributed by atoms with Gasteiger partial charge in [-0.05, 0) is 41.5 Å². The van der Waals surface area contributed by atoms with Crippen molar-refractivity contribution in [1.29, 1.82) is 0 Å². The van der Waals surface area contributed by atoms with Crippen LogP contribution in [0.1, 0.15) is 41.5 Å². The van der Waals surface area contributed by atoms with E-state index in [0.29, 0.717) is 0 Å². The Morgan fingerprint density at radius 3 is 2.00 bits per heavy atom. The average molecular weight is 244 g/mol. The Kier molecular flexibility index (Phi) is 5.61. The minimum absolute atomic E-state index is 0.00968. The minimum Gasteiger partial charge on any atom is -0.444 e. The van der Waals surface area contributed by atoms with Gasteiger partial charge in [0.1, 0.15) is 5.60 Å². The quantitative estimate of drug-likeness (QED) is 0.814. The third-order valence-electron chi connectivity index (χ3n) is 2.09. The lowest BCUT2D eigenvalue weighted by Gasteiger charge is -2.29. The topological polar surface area (TPSA) is 72.6 Å². The standard InChI is InChI=1S/C12H24N2O3/c1-8(2)14(7-10(15)9(3)13)11(16)17-12(4,5)6/h8-9H,7,13H2,1-6H3. The summed E-state index contributed by atoms with van der Waals surface area (Å²) < 4.78 is 5.24. The van der Waals surface area contributed by atoms with Crippen LogP contribution in [-0.4, -0.2) is 41.0 Å².